The first-order valence-electron chi connectivity index (χ1n) is 6.08. The maximum Gasteiger partial charge on any atom is 0.151 e. The molecule has 0 N–H and O–H groups in total. The van der Waals surface area contributed by atoms with Gasteiger partial charge in [-0.2, -0.15) is 11.8 Å². The minimum atomic E-state index is 0.855. The highest BCUT2D eigenvalue weighted by molar-refractivity contribution is 7.99. The van der Waals surface area contributed by atoms with Crippen molar-refractivity contribution >= 4 is 11.8 Å². The zero-order chi connectivity index (χ0) is 12.2. The molecule has 1 aliphatic rings. The van der Waals surface area contributed by atoms with Crippen molar-refractivity contribution in [2.75, 3.05) is 24.6 Å². The lowest BCUT2D eigenvalue weighted by molar-refractivity contribution is 0.251. The van der Waals surface area contributed by atoms with Crippen molar-refractivity contribution < 1.29 is 4.52 Å². The second kappa shape index (κ2) is 5.54. The van der Waals surface area contributed by atoms with Crippen LogP contribution >= 0.6 is 11.8 Å². The van der Waals surface area contributed by atoms with E-state index in [1.807, 2.05) is 30.0 Å². The maximum absolute atomic E-state index is 5.40. The average Bonchev–Trinajstić information content (AvgIpc) is 2.89. The number of hydrogen-bond acceptors (Lipinski definition) is 5. The molecule has 2 aromatic heterocycles. The molecule has 4 nitrogen and oxygen atoms in total. The Morgan fingerprint density at radius 3 is 3.00 bits per heavy atom. The Kier molecular flexibility index (Phi) is 3.61. The Balaban J connectivity index is 1.69. The molecule has 0 bridgehead atoms. The van der Waals surface area contributed by atoms with Crippen LogP contribution in [0.15, 0.2) is 35.1 Å². The van der Waals surface area contributed by atoms with Gasteiger partial charge in [-0.05, 0) is 12.1 Å². The van der Waals surface area contributed by atoms with Crippen LogP contribution in [-0.2, 0) is 6.54 Å². The van der Waals surface area contributed by atoms with E-state index in [2.05, 4.69) is 15.0 Å². The summed E-state index contributed by atoms with van der Waals surface area (Å²) in [5.41, 5.74) is 1.87. The van der Waals surface area contributed by atoms with Crippen LogP contribution < -0.4 is 0 Å². The first-order valence-corrected chi connectivity index (χ1v) is 7.23. The molecule has 94 valence electrons. The number of hydrogen-bond donors (Lipinski definition) is 0. The molecular weight excluding hydrogens is 246 g/mol. The highest BCUT2D eigenvalue weighted by Gasteiger charge is 2.14. The molecule has 3 heterocycles. The van der Waals surface area contributed by atoms with Gasteiger partial charge in [0.2, 0.25) is 0 Å². The summed E-state index contributed by atoms with van der Waals surface area (Å²) in [4.78, 5) is 6.50. The van der Waals surface area contributed by atoms with Crippen LogP contribution in [0.5, 0.6) is 0 Å². The van der Waals surface area contributed by atoms with Crippen molar-refractivity contribution in [2.45, 2.75) is 6.54 Å². The van der Waals surface area contributed by atoms with Gasteiger partial charge in [-0.25, -0.2) is 0 Å². The summed E-state index contributed by atoms with van der Waals surface area (Å²) in [7, 11) is 0. The van der Waals surface area contributed by atoms with Gasteiger partial charge in [0.15, 0.2) is 5.76 Å². The SMILES string of the molecule is c1cncc(-c2cc(CN3CCSCC3)on2)c1. The number of rotatable bonds is 3. The zero-order valence-electron chi connectivity index (χ0n) is 10.1. The van der Waals surface area contributed by atoms with Crippen molar-refractivity contribution in [3.8, 4) is 11.3 Å². The molecule has 1 fully saturated rings. The van der Waals surface area contributed by atoms with Crippen LogP contribution in [0.4, 0.5) is 0 Å². The fourth-order valence-corrected chi connectivity index (χ4v) is 3.00. The molecule has 1 aliphatic heterocycles. The standard InChI is InChI=1S/C13H15N3OS/c1-2-11(9-14-3-1)13-8-12(17-15-13)10-16-4-6-18-7-5-16/h1-3,8-9H,4-7,10H2. The quantitative estimate of drug-likeness (QED) is 0.848. The molecular formula is C13H15N3OS. The molecule has 0 aliphatic carbocycles. The van der Waals surface area contributed by atoms with Crippen LogP contribution in [-0.4, -0.2) is 39.6 Å². The maximum atomic E-state index is 5.40. The summed E-state index contributed by atoms with van der Waals surface area (Å²) in [6.45, 7) is 3.12. The van der Waals surface area contributed by atoms with E-state index in [4.69, 9.17) is 4.52 Å². The smallest absolute Gasteiger partial charge is 0.151 e. The summed E-state index contributed by atoms with van der Waals surface area (Å²) < 4.78 is 5.40. The zero-order valence-corrected chi connectivity index (χ0v) is 10.9. The van der Waals surface area contributed by atoms with Crippen molar-refractivity contribution in [1.29, 1.82) is 0 Å². The second-order valence-corrected chi connectivity index (χ2v) is 5.53. The van der Waals surface area contributed by atoms with E-state index in [0.29, 0.717) is 0 Å². The minimum absolute atomic E-state index is 0.855. The average molecular weight is 261 g/mol. The summed E-state index contributed by atoms with van der Waals surface area (Å²) in [6, 6.07) is 5.91. The monoisotopic (exact) mass is 261 g/mol. The topological polar surface area (TPSA) is 42.2 Å². The molecule has 0 spiro atoms. The largest absolute Gasteiger partial charge is 0.359 e. The first kappa shape index (κ1) is 11.7. The Hall–Kier alpha value is -1.33. The van der Waals surface area contributed by atoms with Gasteiger partial charge in [-0.15, -0.1) is 0 Å². The Morgan fingerprint density at radius 2 is 2.22 bits per heavy atom. The summed E-state index contributed by atoms with van der Waals surface area (Å²) in [6.07, 6.45) is 3.56. The van der Waals surface area contributed by atoms with Gasteiger partial charge < -0.3 is 4.52 Å². The highest BCUT2D eigenvalue weighted by atomic mass is 32.2. The number of pyridine rings is 1. The predicted octanol–water partition coefficient (Wildman–Crippen LogP) is 2.29. The lowest BCUT2D eigenvalue weighted by atomic mass is 10.2. The van der Waals surface area contributed by atoms with Gasteiger partial charge in [0.25, 0.3) is 0 Å². The van der Waals surface area contributed by atoms with E-state index in [-0.39, 0.29) is 0 Å². The molecule has 2 aromatic rings. The molecule has 0 aromatic carbocycles. The third-order valence-electron chi connectivity index (χ3n) is 3.00. The van der Waals surface area contributed by atoms with Crippen LogP contribution in [0.2, 0.25) is 0 Å². The van der Waals surface area contributed by atoms with Crippen LogP contribution in [0.1, 0.15) is 5.76 Å². The fraction of sp³-hybridized carbons (Fsp3) is 0.385. The molecule has 5 heteroatoms. The van der Waals surface area contributed by atoms with Gasteiger partial charge in [0, 0.05) is 48.6 Å². The second-order valence-electron chi connectivity index (χ2n) is 4.31. The highest BCUT2D eigenvalue weighted by Crippen LogP contribution is 2.19. The van der Waals surface area contributed by atoms with Gasteiger partial charge in [-0.1, -0.05) is 5.16 Å². The van der Waals surface area contributed by atoms with E-state index < -0.39 is 0 Å². The molecule has 1 saturated heterocycles. The van der Waals surface area contributed by atoms with Crippen molar-refractivity contribution in [3.63, 3.8) is 0 Å². The van der Waals surface area contributed by atoms with E-state index in [1.54, 1.807) is 12.4 Å². The summed E-state index contributed by atoms with van der Waals surface area (Å²) >= 11 is 2.02. The van der Waals surface area contributed by atoms with Crippen molar-refractivity contribution in [3.05, 3.63) is 36.4 Å². The first-order chi connectivity index (χ1) is 8.92. The van der Waals surface area contributed by atoms with Gasteiger partial charge in [0.1, 0.15) is 5.69 Å². The normalized spacial score (nSPS) is 16.9. The summed E-state index contributed by atoms with van der Waals surface area (Å²) in [5.74, 6) is 3.36. The minimum Gasteiger partial charge on any atom is -0.359 e. The Labute approximate surface area is 110 Å². The lowest BCUT2D eigenvalue weighted by Gasteiger charge is -2.24. The number of thioether (sulfide) groups is 1. The molecule has 0 atom stereocenters. The molecule has 18 heavy (non-hydrogen) atoms. The van der Waals surface area contributed by atoms with Crippen molar-refractivity contribution in [1.82, 2.24) is 15.0 Å². The van der Waals surface area contributed by atoms with Crippen molar-refractivity contribution in [2.24, 2.45) is 0 Å². The van der Waals surface area contributed by atoms with Crippen LogP contribution in [0.25, 0.3) is 11.3 Å². The lowest BCUT2D eigenvalue weighted by Crippen LogP contribution is -2.31. The van der Waals surface area contributed by atoms with E-state index in [9.17, 15) is 0 Å². The number of aromatic nitrogens is 2. The predicted molar refractivity (Wildman–Crippen MR) is 72.3 cm³/mol. The Bertz CT molecular complexity index is 494. The van der Waals surface area contributed by atoms with E-state index in [0.717, 1.165) is 36.7 Å². The van der Waals surface area contributed by atoms with Crippen LogP contribution in [0, 0.1) is 0 Å². The summed E-state index contributed by atoms with van der Waals surface area (Å²) in [5, 5.41) is 4.11. The molecule has 0 radical (unpaired) electrons. The molecule has 3 rings (SSSR count). The Morgan fingerprint density at radius 1 is 1.33 bits per heavy atom. The molecule has 0 saturated carbocycles. The third-order valence-corrected chi connectivity index (χ3v) is 3.94. The number of nitrogens with zero attached hydrogens (tertiary/aromatic N) is 3. The van der Waals surface area contributed by atoms with Gasteiger partial charge in [-0.3, -0.25) is 9.88 Å². The third kappa shape index (κ3) is 2.73. The van der Waals surface area contributed by atoms with Crippen LogP contribution in [0.3, 0.4) is 0 Å². The fourth-order valence-electron chi connectivity index (χ4n) is 2.02. The van der Waals surface area contributed by atoms with E-state index in [1.165, 1.54) is 11.5 Å². The van der Waals surface area contributed by atoms with Gasteiger partial charge >= 0.3 is 0 Å². The van der Waals surface area contributed by atoms with E-state index >= 15 is 0 Å². The molecule has 0 unspecified atom stereocenters. The molecule has 0 amide bonds. The van der Waals surface area contributed by atoms with Gasteiger partial charge in [0.05, 0.1) is 6.54 Å².